The van der Waals surface area contributed by atoms with Crippen molar-refractivity contribution in [1.82, 2.24) is 20.2 Å². The SMILES string of the molecule is CO[C@H]1CCCC[C@H]1NC1CCN(C(=O)c2cc(Cc3cccc(C(F)(F)F)c3)ncn2)CC1. The number of likely N-dealkylation sites (tertiary alicyclic amines) is 1. The number of halogens is 3. The van der Waals surface area contributed by atoms with Crippen LogP contribution in [0.5, 0.6) is 0 Å². The molecule has 184 valence electrons. The fourth-order valence-corrected chi connectivity index (χ4v) is 4.96. The molecule has 1 N–H and O–H groups in total. The molecule has 0 spiro atoms. The van der Waals surface area contributed by atoms with Crippen LogP contribution in [-0.2, 0) is 17.3 Å². The lowest BCUT2D eigenvalue weighted by Crippen LogP contribution is -2.52. The van der Waals surface area contributed by atoms with Crippen molar-refractivity contribution < 1.29 is 22.7 Å². The summed E-state index contributed by atoms with van der Waals surface area (Å²) in [6, 6.07) is 7.46. The number of ether oxygens (including phenoxy) is 1. The zero-order valence-electron chi connectivity index (χ0n) is 19.4. The molecule has 6 nitrogen and oxygen atoms in total. The maximum atomic E-state index is 13.0. The molecular formula is C25H31F3N4O2. The Balaban J connectivity index is 1.34. The van der Waals surface area contributed by atoms with Gasteiger partial charge in [-0.25, -0.2) is 9.97 Å². The van der Waals surface area contributed by atoms with Crippen LogP contribution in [0, 0.1) is 0 Å². The molecule has 2 fully saturated rings. The molecule has 1 saturated carbocycles. The summed E-state index contributed by atoms with van der Waals surface area (Å²) in [6.07, 6.45) is 3.70. The van der Waals surface area contributed by atoms with Crippen molar-refractivity contribution in [2.45, 2.75) is 69.3 Å². The number of carbonyl (C=O) groups excluding carboxylic acids is 1. The Morgan fingerprint density at radius 3 is 2.62 bits per heavy atom. The Labute approximate surface area is 197 Å². The van der Waals surface area contributed by atoms with Gasteiger partial charge in [0, 0.05) is 44.4 Å². The van der Waals surface area contributed by atoms with E-state index < -0.39 is 11.7 Å². The zero-order valence-corrected chi connectivity index (χ0v) is 19.4. The first-order chi connectivity index (χ1) is 16.3. The molecule has 1 aromatic carbocycles. The minimum atomic E-state index is -4.40. The molecule has 9 heteroatoms. The van der Waals surface area contributed by atoms with Crippen LogP contribution in [-0.4, -0.2) is 59.2 Å². The van der Waals surface area contributed by atoms with Gasteiger partial charge in [-0.1, -0.05) is 31.0 Å². The standard InChI is InChI=1S/C25H31F3N4O2/c1-34-23-8-3-2-7-21(23)31-19-9-11-32(12-10-19)24(33)22-15-20(29-16-30-22)14-17-5-4-6-18(13-17)25(26,27)28/h4-6,13,15-16,19,21,23,31H,2-3,7-12,14H2,1H3/t21-,23+/m1/s1. The zero-order chi connectivity index (χ0) is 24.1. The number of hydrogen-bond donors (Lipinski definition) is 1. The summed E-state index contributed by atoms with van der Waals surface area (Å²) < 4.78 is 44.6. The number of benzene rings is 1. The molecule has 0 bridgehead atoms. The minimum Gasteiger partial charge on any atom is -0.380 e. The Morgan fingerprint density at radius 1 is 1.12 bits per heavy atom. The lowest BCUT2D eigenvalue weighted by atomic mass is 9.91. The van der Waals surface area contributed by atoms with Gasteiger partial charge in [0.05, 0.1) is 11.7 Å². The monoisotopic (exact) mass is 476 g/mol. The number of nitrogens with one attached hydrogen (secondary N) is 1. The first-order valence-electron chi connectivity index (χ1n) is 11.9. The van der Waals surface area contributed by atoms with Crippen molar-refractivity contribution >= 4 is 5.91 Å². The van der Waals surface area contributed by atoms with E-state index in [-0.39, 0.29) is 24.1 Å². The summed E-state index contributed by atoms with van der Waals surface area (Å²) in [4.78, 5) is 23.1. The lowest BCUT2D eigenvalue weighted by Gasteiger charge is -2.38. The van der Waals surface area contributed by atoms with E-state index in [1.807, 2.05) is 0 Å². The molecule has 2 aromatic rings. The third-order valence-electron chi connectivity index (χ3n) is 6.82. The number of carbonyl (C=O) groups is 1. The molecule has 1 saturated heterocycles. The van der Waals surface area contributed by atoms with Gasteiger partial charge in [-0.05, 0) is 43.4 Å². The topological polar surface area (TPSA) is 67.3 Å². The fraction of sp³-hybridized carbons (Fsp3) is 0.560. The summed E-state index contributed by atoms with van der Waals surface area (Å²) in [5.74, 6) is -0.168. The molecule has 1 aliphatic carbocycles. The first kappa shape index (κ1) is 24.6. The van der Waals surface area contributed by atoms with E-state index >= 15 is 0 Å². The van der Waals surface area contributed by atoms with Gasteiger partial charge >= 0.3 is 6.18 Å². The Morgan fingerprint density at radius 2 is 1.88 bits per heavy atom. The van der Waals surface area contributed by atoms with Crippen LogP contribution < -0.4 is 5.32 Å². The van der Waals surface area contributed by atoms with Crippen molar-refractivity contribution in [3.05, 3.63) is 59.2 Å². The number of piperidine rings is 1. The second-order valence-electron chi connectivity index (χ2n) is 9.17. The van der Waals surface area contributed by atoms with Gasteiger partial charge in [0.25, 0.3) is 5.91 Å². The molecule has 0 unspecified atom stereocenters. The van der Waals surface area contributed by atoms with Crippen LogP contribution >= 0.6 is 0 Å². The van der Waals surface area contributed by atoms with E-state index in [2.05, 4.69) is 15.3 Å². The number of hydrogen-bond acceptors (Lipinski definition) is 5. The van der Waals surface area contributed by atoms with E-state index in [1.54, 1.807) is 24.1 Å². The molecule has 2 atom stereocenters. The molecule has 2 aliphatic rings. The van der Waals surface area contributed by atoms with Crippen LogP contribution in [0.3, 0.4) is 0 Å². The summed E-state index contributed by atoms with van der Waals surface area (Å²) in [5, 5.41) is 3.74. The van der Waals surface area contributed by atoms with Crippen LogP contribution in [0.2, 0.25) is 0 Å². The smallest absolute Gasteiger partial charge is 0.380 e. The molecule has 1 aliphatic heterocycles. The summed E-state index contributed by atoms with van der Waals surface area (Å²) in [5.41, 5.74) is 0.569. The van der Waals surface area contributed by atoms with Crippen LogP contribution in [0.1, 0.15) is 65.8 Å². The average Bonchev–Trinajstić information content (AvgIpc) is 2.84. The van der Waals surface area contributed by atoms with E-state index in [0.29, 0.717) is 36.4 Å². The summed E-state index contributed by atoms with van der Waals surface area (Å²) in [6.45, 7) is 1.27. The number of alkyl halides is 3. The van der Waals surface area contributed by atoms with Crippen molar-refractivity contribution in [2.24, 2.45) is 0 Å². The fourth-order valence-electron chi connectivity index (χ4n) is 4.96. The van der Waals surface area contributed by atoms with Gasteiger partial charge in [-0.15, -0.1) is 0 Å². The van der Waals surface area contributed by atoms with E-state index in [1.165, 1.54) is 25.2 Å². The van der Waals surface area contributed by atoms with Crippen LogP contribution in [0.4, 0.5) is 13.2 Å². The second kappa shape index (κ2) is 10.8. The molecule has 1 amide bonds. The highest BCUT2D eigenvalue weighted by molar-refractivity contribution is 5.92. The number of methoxy groups -OCH3 is 1. The molecule has 1 aromatic heterocycles. The number of aromatic nitrogens is 2. The third kappa shape index (κ3) is 6.13. The summed E-state index contributed by atoms with van der Waals surface area (Å²) >= 11 is 0. The van der Waals surface area contributed by atoms with E-state index in [4.69, 9.17) is 4.74 Å². The lowest BCUT2D eigenvalue weighted by molar-refractivity contribution is -0.137. The minimum absolute atomic E-state index is 0.168. The average molecular weight is 477 g/mol. The maximum Gasteiger partial charge on any atom is 0.416 e. The molecule has 2 heterocycles. The van der Waals surface area contributed by atoms with Gasteiger partial charge in [0.1, 0.15) is 12.0 Å². The van der Waals surface area contributed by atoms with Crippen molar-refractivity contribution in [3.63, 3.8) is 0 Å². The predicted octanol–water partition coefficient (Wildman–Crippen LogP) is 4.24. The Bertz CT molecular complexity index is 977. The highest BCUT2D eigenvalue weighted by atomic mass is 19.4. The van der Waals surface area contributed by atoms with E-state index in [9.17, 15) is 18.0 Å². The first-order valence-corrected chi connectivity index (χ1v) is 11.9. The van der Waals surface area contributed by atoms with Crippen molar-refractivity contribution in [2.75, 3.05) is 20.2 Å². The molecule has 0 radical (unpaired) electrons. The Kier molecular flexibility index (Phi) is 7.83. The van der Waals surface area contributed by atoms with Crippen LogP contribution in [0.15, 0.2) is 36.7 Å². The number of amides is 1. The van der Waals surface area contributed by atoms with Gasteiger partial charge in [-0.3, -0.25) is 4.79 Å². The maximum absolute atomic E-state index is 13.0. The highest BCUT2D eigenvalue weighted by Gasteiger charge is 2.31. The predicted molar refractivity (Wildman–Crippen MR) is 121 cm³/mol. The van der Waals surface area contributed by atoms with Crippen LogP contribution in [0.25, 0.3) is 0 Å². The molecular weight excluding hydrogens is 445 g/mol. The number of nitrogens with zero attached hydrogens (tertiary/aromatic N) is 3. The van der Waals surface area contributed by atoms with Crippen molar-refractivity contribution in [1.29, 1.82) is 0 Å². The number of rotatable bonds is 6. The molecule has 4 rings (SSSR count). The van der Waals surface area contributed by atoms with Gasteiger partial charge in [-0.2, -0.15) is 13.2 Å². The summed E-state index contributed by atoms with van der Waals surface area (Å²) in [7, 11) is 1.77. The van der Waals surface area contributed by atoms with Gasteiger partial charge < -0.3 is 15.0 Å². The molecule has 34 heavy (non-hydrogen) atoms. The van der Waals surface area contributed by atoms with E-state index in [0.717, 1.165) is 37.8 Å². The Hall–Kier alpha value is -2.52. The van der Waals surface area contributed by atoms with Crippen molar-refractivity contribution in [3.8, 4) is 0 Å². The normalized spacial score (nSPS) is 22.1. The van der Waals surface area contributed by atoms with Gasteiger partial charge in [0.15, 0.2) is 0 Å². The third-order valence-corrected chi connectivity index (χ3v) is 6.82. The largest absolute Gasteiger partial charge is 0.416 e. The second-order valence-corrected chi connectivity index (χ2v) is 9.17. The van der Waals surface area contributed by atoms with Gasteiger partial charge in [0.2, 0.25) is 0 Å². The highest BCUT2D eigenvalue weighted by Crippen LogP contribution is 2.30. The quantitative estimate of drug-likeness (QED) is 0.676.